The molecule has 0 fully saturated rings. The number of hydrogen-bond acceptors (Lipinski definition) is 4. The summed E-state index contributed by atoms with van der Waals surface area (Å²) in [7, 11) is 4.99. The molecule has 130 valence electrons. The zero-order valence-corrected chi connectivity index (χ0v) is 14.9. The summed E-state index contributed by atoms with van der Waals surface area (Å²) < 4.78 is 10.6. The predicted octanol–water partition coefficient (Wildman–Crippen LogP) is 2.55. The first kappa shape index (κ1) is 19.8. The van der Waals surface area contributed by atoms with Crippen LogP contribution in [0.15, 0.2) is 48.5 Å². The number of halogens is 1. The molecule has 2 aromatic carbocycles. The molecule has 1 atom stereocenters. The second kappa shape index (κ2) is 9.80. The van der Waals surface area contributed by atoms with Crippen molar-refractivity contribution in [2.75, 3.05) is 27.8 Å². The SMILES string of the molecule is CNCC(=O)NC(c1ccc(OC)cc1)c1ccccc1OC.Cl. The van der Waals surface area contributed by atoms with Gasteiger partial charge in [0.1, 0.15) is 11.5 Å². The molecule has 5 nitrogen and oxygen atoms in total. The maximum atomic E-state index is 12.1. The zero-order valence-electron chi connectivity index (χ0n) is 14.0. The number of likely N-dealkylation sites (N-methyl/N-ethyl adjacent to an activating group) is 1. The minimum atomic E-state index is -0.294. The maximum absolute atomic E-state index is 12.1. The molecule has 0 aromatic heterocycles. The largest absolute Gasteiger partial charge is 0.497 e. The summed E-state index contributed by atoms with van der Waals surface area (Å²) >= 11 is 0. The van der Waals surface area contributed by atoms with Gasteiger partial charge in [-0.15, -0.1) is 12.4 Å². The topological polar surface area (TPSA) is 59.6 Å². The van der Waals surface area contributed by atoms with Gasteiger partial charge in [-0.1, -0.05) is 30.3 Å². The third-order valence-electron chi connectivity index (χ3n) is 3.54. The van der Waals surface area contributed by atoms with Crippen LogP contribution in [0.2, 0.25) is 0 Å². The van der Waals surface area contributed by atoms with Gasteiger partial charge in [0.15, 0.2) is 0 Å². The van der Waals surface area contributed by atoms with Crippen molar-refractivity contribution in [2.45, 2.75) is 6.04 Å². The van der Waals surface area contributed by atoms with E-state index in [1.807, 2.05) is 48.5 Å². The Labute approximate surface area is 148 Å². The van der Waals surface area contributed by atoms with Gasteiger partial charge in [0.2, 0.25) is 5.91 Å². The summed E-state index contributed by atoms with van der Waals surface area (Å²) in [6, 6.07) is 15.0. The Bertz CT molecular complexity index is 647. The standard InChI is InChI=1S/C18H22N2O3.ClH/c1-19-12-17(21)20-18(13-8-10-14(22-2)11-9-13)15-6-4-5-7-16(15)23-3;/h4-11,18-19H,12H2,1-3H3,(H,20,21);1H. The molecular weight excluding hydrogens is 328 g/mol. The molecule has 1 amide bonds. The van der Waals surface area contributed by atoms with Gasteiger partial charge >= 0.3 is 0 Å². The molecular formula is C18H23ClN2O3. The number of amides is 1. The fourth-order valence-electron chi connectivity index (χ4n) is 2.41. The Morgan fingerprint density at radius 3 is 2.29 bits per heavy atom. The van der Waals surface area contributed by atoms with E-state index in [-0.39, 0.29) is 30.9 Å². The van der Waals surface area contributed by atoms with Crippen LogP contribution in [0.25, 0.3) is 0 Å². The minimum absolute atomic E-state index is 0. The van der Waals surface area contributed by atoms with E-state index in [2.05, 4.69) is 10.6 Å². The van der Waals surface area contributed by atoms with E-state index in [0.717, 1.165) is 22.6 Å². The van der Waals surface area contributed by atoms with Crippen LogP contribution in [-0.4, -0.2) is 33.7 Å². The highest BCUT2D eigenvalue weighted by molar-refractivity contribution is 5.85. The number of carbonyl (C=O) groups is 1. The molecule has 0 heterocycles. The van der Waals surface area contributed by atoms with Crippen molar-refractivity contribution in [2.24, 2.45) is 0 Å². The molecule has 0 radical (unpaired) electrons. The number of para-hydroxylation sites is 1. The fourth-order valence-corrected chi connectivity index (χ4v) is 2.41. The molecule has 0 saturated carbocycles. The number of carbonyl (C=O) groups excluding carboxylic acids is 1. The van der Waals surface area contributed by atoms with E-state index in [9.17, 15) is 4.79 Å². The van der Waals surface area contributed by atoms with E-state index in [0.29, 0.717) is 0 Å². The smallest absolute Gasteiger partial charge is 0.234 e. The van der Waals surface area contributed by atoms with Crippen molar-refractivity contribution in [3.8, 4) is 11.5 Å². The van der Waals surface area contributed by atoms with E-state index < -0.39 is 0 Å². The average molecular weight is 351 g/mol. The minimum Gasteiger partial charge on any atom is -0.497 e. The van der Waals surface area contributed by atoms with Gasteiger partial charge < -0.3 is 20.1 Å². The lowest BCUT2D eigenvalue weighted by molar-refractivity contribution is -0.120. The van der Waals surface area contributed by atoms with Crippen molar-refractivity contribution in [3.05, 3.63) is 59.7 Å². The van der Waals surface area contributed by atoms with Crippen molar-refractivity contribution in [3.63, 3.8) is 0 Å². The lowest BCUT2D eigenvalue weighted by atomic mass is 9.97. The molecule has 0 aliphatic carbocycles. The first-order valence-corrected chi connectivity index (χ1v) is 7.40. The van der Waals surface area contributed by atoms with Crippen LogP contribution < -0.4 is 20.1 Å². The molecule has 0 saturated heterocycles. The molecule has 2 aromatic rings. The van der Waals surface area contributed by atoms with Crippen LogP contribution >= 0.6 is 12.4 Å². The van der Waals surface area contributed by atoms with Crippen molar-refractivity contribution in [1.82, 2.24) is 10.6 Å². The predicted molar refractivity (Wildman–Crippen MR) is 97.1 cm³/mol. The highest BCUT2D eigenvalue weighted by Crippen LogP contribution is 2.30. The zero-order chi connectivity index (χ0) is 16.7. The van der Waals surface area contributed by atoms with Gasteiger partial charge in [0, 0.05) is 5.56 Å². The van der Waals surface area contributed by atoms with Crippen molar-refractivity contribution >= 4 is 18.3 Å². The molecule has 0 aliphatic rings. The normalized spacial score (nSPS) is 11.1. The number of ether oxygens (including phenoxy) is 2. The number of methoxy groups -OCH3 is 2. The molecule has 2 rings (SSSR count). The Morgan fingerprint density at radius 1 is 1.04 bits per heavy atom. The van der Waals surface area contributed by atoms with Crippen molar-refractivity contribution < 1.29 is 14.3 Å². The van der Waals surface area contributed by atoms with Gasteiger partial charge in [0.05, 0.1) is 26.8 Å². The van der Waals surface area contributed by atoms with E-state index in [1.54, 1.807) is 21.3 Å². The molecule has 1 unspecified atom stereocenters. The Balaban J connectivity index is 0.00000288. The van der Waals surface area contributed by atoms with E-state index in [4.69, 9.17) is 9.47 Å². The Hall–Kier alpha value is -2.24. The monoisotopic (exact) mass is 350 g/mol. The summed E-state index contributed by atoms with van der Waals surface area (Å²) in [5, 5.41) is 5.90. The lowest BCUT2D eigenvalue weighted by Crippen LogP contribution is -2.35. The lowest BCUT2D eigenvalue weighted by Gasteiger charge is -2.22. The van der Waals surface area contributed by atoms with Gasteiger partial charge in [-0.3, -0.25) is 4.79 Å². The Morgan fingerprint density at radius 2 is 1.71 bits per heavy atom. The van der Waals surface area contributed by atoms with Crippen LogP contribution in [-0.2, 0) is 4.79 Å². The fraction of sp³-hybridized carbons (Fsp3) is 0.278. The van der Waals surface area contributed by atoms with Crippen LogP contribution in [0.3, 0.4) is 0 Å². The quantitative estimate of drug-likeness (QED) is 0.805. The molecule has 0 aliphatic heterocycles. The second-order valence-corrected chi connectivity index (χ2v) is 5.05. The number of nitrogens with one attached hydrogen (secondary N) is 2. The van der Waals surface area contributed by atoms with Crippen LogP contribution in [0.5, 0.6) is 11.5 Å². The first-order valence-electron chi connectivity index (χ1n) is 7.40. The molecule has 0 spiro atoms. The number of rotatable bonds is 7. The average Bonchev–Trinajstić information content (AvgIpc) is 2.60. The van der Waals surface area contributed by atoms with Gasteiger partial charge in [-0.05, 0) is 30.8 Å². The number of hydrogen-bond donors (Lipinski definition) is 2. The molecule has 0 bridgehead atoms. The summed E-state index contributed by atoms with van der Waals surface area (Å²) in [6.45, 7) is 0.252. The highest BCUT2D eigenvalue weighted by Gasteiger charge is 2.20. The summed E-state index contributed by atoms with van der Waals surface area (Å²) in [5.74, 6) is 1.42. The van der Waals surface area contributed by atoms with Crippen molar-refractivity contribution in [1.29, 1.82) is 0 Å². The molecule has 6 heteroatoms. The first-order chi connectivity index (χ1) is 11.2. The molecule has 24 heavy (non-hydrogen) atoms. The van der Waals surface area contributed by atoms with Crippen LogP contribution in [0.1, 0.15) is 17.2 Å². The Kier molecular flexibility index (Phi) is 8.09. The van der Waals surface area contributed by atoms with E-state index in [1.165, 1.54) is 0 Å². The van der Waals surface area contributed by atoms with Crippen LogP contribution in [0.4, 0.5) is 0 Å². The number of benzene rings is 2. The van der Waals surface area contributed by atoms with Gasteiger partial charge in [0.25, 0.3) is 0 Å². The third kappa shape index (κ3) is 4.88. The summed E-state index contributed by atoms with van der Waals surface area (Å²) in [5.41, 5.74) is 1.87. The summed E-state index contributed by atoms with van der Waals surface area (Å²) in [4.78, 5) is 12.1. The highest BCUT2D eigenvalue weighted by atomic mass is 35.5. The second-order valence-electron chi connectivity index (χ2n) is 5.05. The van der Waals surface area contributed by atoms with Gasteiger partial charge in [-0.25, -0.2) is 0 Å². The van der Waals surface area contributed by atoms with Gasteiger partial charge in [-0.2, -0.15) is 0 Å². The van der Waals surface area contributed by atoms with E-state index >= 15 is 0 Å². The molecule has 2 N–H and O–H groups in total. The third-order valence-corrected chi connectivity index (χ3v) is 3.54. The maximum Gasteiger partial charge on any atom is 0.234 e. The van der Waals surface area contributed by atoms with Crippen LogP contribution in [0, 0.1) is 0 Å². The summed E-state index contributed by atoms with van der Waals surface area (Å²) in [6.07, 6.45) is 0.